The predicted molar refractivity (Wildman–Crippen MR) is 184 cm³/mol. The quantitative estimate of drug-likeness (QED) is 0.176. The first kappa shape index (κ1) is 32.1. The first-order valence-electron chi connectivity index (χ1n) is 13.4. The number of hydrazone groups is 1. The van der Waals surface area contributed by atoms with Gasteiger partial charge in [-0.1, -0.05) is 117 Å². The molecule has 6 rings (SSSR count). The maximum absolute atomic E-state index is 12.0. The Morgan fingerprint density at radius 2 is 1.43 bits per heavy atom. The fourth-order valence-corrected chi connectivity index (χ4v) is 6.93. The summed E-state index contributed by atoms with van der Waals surface area (Å²) < 4.78 is 30.1. The minimum Gasteiger partial charge on any atom is -0.264 e. The topological polar surface area (TPSA) is 74.2 Å². The second-order valence-electron chi connectivity index (χ2n) is 9.80. The van der Waals surface area contributed by atoms with Crippen LogP contribution < -0.4 is 15.7 Å². The van der Waals surface area contributed by atoms with Crippen molar-refractivity contribution >= 4 is 88.8 Å². The molecule has 1 heterocycles. The normalized spacial score (nSPS) is 13.0. The Kier molecular flexibility index (Phi) is 10.0. The number of halogens is 4. The second-order valence-corrected chi connectivity index (χ2v) is 13.5. The van der Waals surface area contributed by atoms with Crippen LogP contribution in [0.5, 0.6) is 0 Å². The monoisotopic (exact) mass is 730 g/mol. The second kappa shape index (κ2) is 13.8. The molecule has 1 aliphatic heterocycles. The van der Waals surface area contributed by atoms with Crippen LogP contribution in [0.15, 0.2) is 124 Å². The summed E-state index contributed by atoms with van der Waals surface area (Å²) in [6.45, 7) is 3.39. The molecule has 0 spiro atoms. The molecule has 0 unspecified atom stereocenters. The Morgan fingerprint density at radius 3 is 2.09 bits per heavy atom. The average molecular weight is 733 g/mol. The highest BCUT2D eigenvalue weighted by Gasteiger charge is 2.30. The van der Waals surface area contributed by atoms with Crippen molar-refractivity contribution in [1.82, 2.24) is 5.43 Å². The smallest absolute Gasteiger partial charge is 0.264 e. The van der Waals surface area contributed by atoms with Gasteiger partial charge in [0.05, 0.1) is 21.8 Å². The molecule has 0 saturated carbocycles. The van der Waals surface area contributed by atoms with E-state index in [1.807, 2.05) is 78.9 Å². The molecule has 12 heteroatoms. The molecule has 44 heavy (non-hydrogen) atoms. The zero-order chi connectivity index (χ0) is 31.4. The van der Waals surface area contributed by atoms with Crippen molar-refractivity contribution in [3.63, 3.8) is 0 Å². The van der Waals surface area contributed by atoms with Gasteiger partial charge in [0.2, 0.25) is 0 Å². The minimum atomic E-state index is -3.69. The van der Waals surface area contributed by atoms with Crippen molar-refractivity contribution in [2.45, 2.75) is 24.8 Å². The number of hydrogen-bond acceptors (Lipinski definition) is 7. The van der Waals surface area contributed by atoms with Crippen molar-refractivity contribution in [2.75, 3.05) is 10.2 Å². The lowest BCUT2D eigenvalue weighted by Crippen LogP contribution is -2.45. The Morgan fingerprint density at radius 1 is 0.818 bits per heavy atom. The van der Waals surface area contributed by atoms with Crippen LogP contribution in [-0.4, -0.2) is 20.4 Å². The van der Waals surface area contributed by atoms with E-state index in [4.69, 9.17) is 44.1 Å². The predicted octanol–water partition coefficient (Wildman–Crippen LogP) is 9.47. The molecule has 0 bridgehead atoms. The van der Waals surface area contributed by atoms with Gasteiger partial charge in [0.15, 0.2) is 5.84 Å². The summed E-state index contributed by atoms with van der Waals surface area (Å²) in [6, 6.07) is 33.4. The molecule has 226 valence electrons. The van der Waals surface area contributed by atoms with Crippen LogP contribution >= 0.6 is 50.7 Å². The number of nitrogens with zero attached hydrogens (tertiary/aromatic N) is 3. The van der Waals surface area contributed by atoms with E-state index in [-0.39, 0.29) is 11.0 Å². The van der Waals surface area contributed by atoms with E-state index >= 15 is 0 Å². The molecule has 0 aliphatic carbocycles. The third kappa shape index (κ3) is 7.31. The van der Waals surface area contributed by atoms with E-state index in [9.17, 15) is 8.42 Å². The lowest BCUT2D eigenvalue weighted by atomic mass is 10.1. The third-order valence-corrected chi connectivity index (χ3v) is 9.09. The molecule has 1 aliphatic rings. The van der Waals surface area contributed by atoms with Gasteiger partial charge in [0, 0.05) is 20.4 Å². The summed E-state index contributed by atoms with van der Waals surface area (Å²) >= 11 is 22.4. The highest BCUT2D eigenvalue weighted by Crippen LogP contribution is 2.39. The van der Waals surface area contributed by atoms with Gasteiger partial charge in [-0.15, -0.1) is 5.10 Å². The summed E-state index contributed by atoms with van der Waals surface area (Å²) in [5.74, 6) is 0.661. The van der Waals surface area contributed by atoms with Gasteiger partial charge < -0.3 is 0 Å². The van der Waals surface area contributed by atoms with Gasteiger partial charge in [0.25, 0.3) is 10.1 Å². The minimum absolute atomic E-state index is 0.226. The van der Waals surface area contributed by atoms with E-state index in [1.165, 1.54) is 0 Å². The van der Waals surface area contributed by atoms with Crippen LogP contribution in [0.4, 0.5) is 11.4 Å². The standard InChI is InChI=1S/C19H12BrCl3N4.C13H14O3S/c20-13-8-6-12(7-9-13)19-24-26(15-4-2-1-3-5-15)27(25-19)18-16(22)10-14(21)11-17(18)23;1-10(2)16-17(14,15)13-9-5-7-11-6-3-4-8-12(11)13/h1-11H,(H,24,25);3-10H,1-2H3. The van der Waals surface area contributed by atoms with Gasteiger partial charge in [-0.25, -0.2) is 0 Å². The van der Waals surface area contributed by atoms with E-state index in [0.29, 0.717) is 32.0 Å². The summed E-state index contributed by atoms with van der Waals surface area (Å²) in [5, 5.41) is 11.0. The number of hydrogen-bond donors (Lipinski definition) is 1. The van der Waals surface area contributed by atoms with E-state index in [1.54, 1.807) is 54.4 Å². The zero-order valence-electron chi connectivity index (χ0n) is 23.5. The highest BCUT2D eigenvalue weighted by atomic mass is 79.9. The Bertz CT molecular complexity index is 1900. The molecule has 5 aromatic rings. The number of rotatable bonds is 6. The Labute approximate surface area is 279 Å². The van der Waals surface area contributed by atoms with Gasteiger partial charge in [0.1, 0.15) is 10.6 Å². The largest absolute Gasteiger partial charge is 0.297 e. The summed E-state index contributed by atoms with van der Waals surface area (Å²) in [5.41, 5.74) is 5.60. The Hall–Kier alpha value is -3.31. The number of para-hydroxylation sites is 1. The first-order valence-corrected chi connectivity index (χ1v) is 16.7. The van der Waals surface area contributed by atoms with Crippen LogP contribution in [0.2, 0.25) is 15.1 Å². The van der Waals surface area contributed by atoms with Crippen LogP contribution in [0, 0.1) is 0 Å². The first-order chi connectivity index (χ1) is 21.0. The van der Waals surface area contributed by atoms with Crippen molar-refractivity contribution in [2.24, 2.45) is 5.10 Å². The molecular formula is C32H26BrCl3N4O3S. The number of fused-ring (bicyclic) bond motifs is 1. The number of benzene rings is 5. The van der Waals surface area contributed by atoms with E-state index in [2.05, 4.69) is 21.4 Å². The van der Waals surface area contributed by atoms with E-state index < -0.39 is 10.1 Å². The van der Waals surface area contributed by atoms with Crippen LogP contribution in [-0.2, 0) is 14.3 Å². The summed E-state index contributed by atoms with van der Waals surface area (Å²) in [7, 11) is -3.69. The fourth-order valence-electron chi connectivity index (χ4n) is 4.38. The number of amidine groups is 1. The van der Waals surface area contributed by atoms with Crippen molar-refractivity contribution in [1.29, 1.82) is 0 Å². The lowest BCUT2D eigenvalue weighted by molar-refractivity contribution is 0.249. The van der Waals surface area contributed by atoms with Crippen LogP contribution in [0.25, 0.3) is 10.8 Å². The number of nitrogens with one attached hydrogen (secondary N) is 1. The van der Waals surface area contributed by atoms with Crippen molar-refractivity contribution < 1.29 is 12.6 Å². The van der Waals surface area contributed by atoms with Crippen molar-refractivity contribution in [3.8, 4) is 0 Å². The fraction of sp³-hybridized carbons (Fsp3) is 0.0938. The maximum atomic E-state index is 12.0. The zero-order valence-corrected chi connectivity index (χ0v) is 28.1. The van der Waals surface area contributed by atoms with E-state index in [0.717, 1.165) is 21.1 Å². The molecule has 0 fully saturated rings. The number of hydrazine groups is 2. The molecule has 0 radical (unpaired) electrons. The highest BCUT2D eigenvalue weighted by molar-refractivity contribution is 9.10. The molecule has 0 aromatic heterocycles. The van der Waals surface area contributed by atoms with Crippen LogP contribution in [0.3, 0.4) is 0 Å². The van der Waals surface area contributed by atoms with Crippen molar-refractivity contribution in [3.05, 3.63) is 134 Å². The van der Waals surface area contributed by atoms with Gasteiger partial charge >= 0.3 is 0 Å². The molecule has 5 aromatic carbocycles. The lowest BCUT2D eigenvalue weighted by Gasteiger charge is -2.29. The molecular weight excluding hydrogens is 707 g/mol. The molecule has 7 nitrogen and oxygen atoms in total. The average Bonchev–Trinajstić information content (AvgIpc) is 3.42. The van der Waals surface area contributed by atoms with Gasteiger partial charge in [-0.05, 0) is 61.7 Å². The summed E-state index contributed by atoms with van der Waals surface area (Å²) in [4.78, 5) is 0.226. The molecule has 1 N–H and O–H groups in total. The SMILES string of the molecule is CC(C)OS(=O)(=O)c1cccc2ccccc12.Clc1cc(Cl)c(N2NC(c3ccc(Br)cc3)=NN2c2ccccc2)c(Cl)c1. The number of anilines is 2. The third-order valence-electron chi connectivity index (χ3n) is 6.23. The summed E-state index contributed by atoms with van der Waals surface area (Å²) in [6.07, 6.45) is -0.362. The van der Waals surface area contributed by atoms with Gasteiger partial charge in [-0.3, -0.25) is 9.61 Å². The van der Waals surface area contributed by atoms with Crippen LogP contribution in [0.1, 0.15) is 19.4 Å². The molecule has 0 saturated heterocycles. The van der Waals surface area contributed by atoms with Gasteiger partial charge in [-0.2, -0.15) is 18.7 Å². The molecule has 0 atom stereocenters. The molecule has 0 amide bonds. The Balaban J connectivity index is 0.000000195. The maximum Gasteiger partial charge on any atom is 0.297 e.